The van der Waals surface area contributed by atoms with E-state index in [2.05, 4.69) is 0 Å². The van der Waals surface area contributed by atoms with Crippen molar-refractivity contribution in [3.05, 3.63) is 0 Å². The van der Waals surface area contributed by atoms with Crippen molar-refractivity contribution in [3.63, 3.8) is 0 Å². The van der Waals surface area contributed by atoms with Crippen LogP contribution >= 0.6 is 0 Å². The zero-order valence-corrected chi connectivity index (χ0v) is 9.56. The van der Waals surface area contributed by atoms with Crippen molar-refractivity contribution in [1.82, 2.24) is 9.80 Å². The summed E-state index contributed by atoms with van der Waals surface area (Å²) in [6, 6.07) is 0. The summed E-state index contributed by atoms with van der Waals surface area (Å²) in [5.74, 6) is -0.0629. The normalized spacial score (nSPS) is 26.6. The van der Waals surface area contributed by atoms with E-state index >= 15 is 0 Å². The first-order valence-electron chi connectivity index (χ1n) is 5.13. The molecule has 86 valence electrons. The third-order valence-corrected chi connectivity index (χ3v) is 2.91. The van der Waals surface area contributed by atoms with E-state index in [9.17, 15) is 9.59 Å². The topological polar surface area (TPSA) is 66.6 Å². The molecule has 0 aromatic rings. The van der Waals surface area contributed by atoms with Crippen molar-refractivity contribution in [2.45, 2.75) is 6.92 Å². The predicted molar refractivity (Wildman–Crippen MR) is 57.0 cm³/mol. The molecule has 1 aliphatic heterocycles. The lowest BCUT2D eigenvalue weighted by atomic mass is 9.98. The lowest BCUT2D eigenvalue weighted by molar-refractivity contribution is -0.130. The number of hydrogen-bond donors (Lipinski definition) is 1. The minimum atomic E-state index is -0.262. The number of nitrogens with zero attached hydrogens (tertiary/aromatic N) is 2. The van der Waals surface area contributed by atoms with Crippen LogP contribution in [0.15, 0.2) is 0 Å². The molecule has 5 heteroatoms. The molecule has 0 bridgehead atoms. The van der Waals surface area contributed by atoms with Crippen LogP contribution in [-0.4, -0.2) is 55.3 Å². The Balaban J connectivity index is 2.48. The van der Waals surface area contributed by atoms with E-state index < -0.39 is 0 Å². The summed E-state index contributed by atoms with van der Waals surface area (Å²) in [6.45, 7) is 3.75. The predicted octanol–water partition coefficient (Wildman–Crippen LogP) is -0.872. The smallest absolute Gasteiger partial charge is 0.236 e. The number of likely N-dealkylation sites (N-methyl/N-ethyl adjacent to an activating group) is 1. The molecule has 0 unspecified atom stereocenters. The minimum absolute atomic E-state index is 0.0623. The quantitative estimate of drug-likeness (QED) is 0.662. The number of primary amides is 1. The van der Waals surface area contributed by atoms with E-state index in [0.29, 0.717) is 13.1 Å². The maximum absolute atomic E-state index is 11.5. The zero-order valence-electron chi connectivity index (χ0n) is 9.56. The molecule has 15 heavy (non-hydrogen) atoms. The Morgan fingerprint density at radius 2 is 2.00 bits per heavy atom. The molecule has 0 aliphatic carbocycles. The SMILES string of the molecule is C[C@@H]1CN(CC(=O)N(C)C)C[C@H]1C(N)=O. The molecule has 1 saturated heterocycles. The monoisotopic (exact) mass is 213 g/mol. The Hall–Kier alpha value is -1.10. The van der Waals surface area contributed by atoms with Crippen LogP contribution in [0.4, 0.5) is 0 Å². The highest BCUT2D eigenvalue weighted by Gasteiger charge is 2.34. The van der Waals surface area contributed by atoms with Gasteiger partial charge in [-0.05, 0) is 5.92 Å². The van der Waals surface area contributed by atoms with Gasteiger partial charge in [0.25, 0.3) is 0 Å². The number of hydrogen-bond acceptors (Lipinski definition) is 3. The Morgan fingerprint density at radius 3 is 2.40 bits per heavy atom. The molecular formula is C10H19N3O2. The van der Waals surface area contributed by atoms with Gasteiger partial charge in [-0.2, -0.15) is 0 Å². The number of carbonyl (C=O) groups excluding carboxylic acids is 2. The minimum Gasteiger partial charge on any atom is -0.369 e. The fourth-order valence-electron chi connectivity index (χ4n) is 1.90. The van der Waals surface area contributed by atoms with Gasteiger partial charge in [-0.1, -0.05) is 6.92 Å². The maximum Gasteiger partial charge on any atom is 0.236 e. The Kier molecular flexibility index (Phi) is 3.68. The molecule has 0 saturated carbocycles. The summed E-state index contributed by atoms with van der Waals surface area (Å²) in [4.78, 5) is 26.1. The van der Waals surface area contributed by atoms with Gasteiger partial charge in [0.15, 0.2) is 0 Å². The van der Waals surface area contributed by atoms with Gasteiger partial charge in [-0.25, -0.2) is 0 Å². The van der Waals surface area contributed by atoms with Crippen LogP contribution in [0, 0.1) is 11.8 Å². The van der Waals surface area contributed by atoms with Crippen molar-refractivity contribution < 1.29 is 9.59 Å². The van der Waals surface area contributed by atoms with Crippen LogP contribution in [-0.2, 0) is 9.59 Å². The van der Waals surface area contributed by atoms with E-state index in [1.165, 1.54) is 0 Å². The first-order valence-corrected chi connectivity index (χ1v) is 5.13. The second-order valence-electron chi connectivity index (χ2n) is 4.47. The van der Waals surface area contributed by atoms with Gasteiger partial charge < -0.3 is 10.6 Å². The van der Waals surface area contributed by atoms with Crippen LogP contribution in [0.25, 0.3) is 0 Å². The standard InChI is InChI=1S/C10H19N3O2/c1-7-4-13(5-8(7)10(11)15)6-9(14)12(2)3/h7-8H,4-6H2,1-3H3,(H2,11,15)/t7-,8-/m1/s1. The van der Waals surface area contributed by atoms with Gasteiger partial charge in [-0.3, -0.25) is 14.5 Å². The molecule has 1 heterocycles. The van der Waals surface area contributed by atoms with E-state index in [4.69, 9.17) is 5.73 Å². The molecule has 0 spiro atoms. The van der Waals surface area contributed by atoms with Crippen molar-refractivity contribution in [1.29, 1.82) is 0 Å². The highest BCUT2D eigenvalue weighted by molar-refractivity contribution is 5.79. The van der Waals surface area contributed by atoms with Gasteiger partial charge in [0, 0.05) is 27.2 Å². The van der Waals surface area contributed by atoms with Gasteiger partial charge in [0.1, 0.15) is 0 Å². The molecule has 1 rings (SSSR count). The highest BCUT2D eigenvalue weighted by Crippen LogP contribution is 2.22. The molecule has 0 aromatic carbocycles. The summed E-state index contributed by atoms with van der Waals surface area (Å²) >= 11 is 0. The van der Waals surface area contributed by atoms with Crippen LogP contribution in [0.2, 0.25) is 0 Å². The average Bonchev–Trinajstić information content (AvgIpc) is 2.46. The summed E-state index contributed by atoms with van der Waals surface area (Å²) in [7, 11) is 3.46. The molecule has 1 aliphatic rings. The van der Waals surface area contributed by atoms with Gasteiger partial charge in [0.2, 0.25) is 11.8 Å². The Bertz CT molecular complexity index is 265. The summed E-state index contributed by atoms with van der Waals surface area (Å²) in [5, 5.41) is 0. The van der Waals surface area contributed by atoms with E-state index in [0.717, 1.165) is 6.54 Å². The highest BCUT2D eigenvalue weighted by atomic mass is 16.2. The van der Waals surface area contributed by atoms with E-state index in [1.54, 1.807) is 19.0 Å². The number of likely N-dealkylation sites (tertiary alicyclic amines) is 1. The zero-order chi connectivity index (χ0) is 11.6. The number of rotatable bonds is 3. The van der Waals surface area contributed by atoms with Gasteiger partial charge in [-0.15, -0.1) is 0 Å². The second kappa shape index (κ2) is 4.61. The third kappa shape index (κ3) is 2.92. The summed E-state index contributed by atoms with van der Waals surface area (Å²) in [5.41, 5.74) is 5.28. The van der Waals surface area contributed by atoms with Crippen LogP contribution in [0.1, 0.15) is 6.92 Å². The fraction of sp³-hybridized carbons (Fsp3) is 0.800. The third-order valence-electron chi connectivity index (χ3n) is 2.91. The van der Waals surface area contributed by atoms with Crippen LogP contribution in [0.3, 0.4) is 0 Å². The Morgan fingerprint density at radius 1 is 1.40 bits per heavy atom. The molecule has 0 radical (unpaired) electrons. The first kappa shape index (κ1) is 12.0. The molecule has 2 amide bonds. The largest absolute Gasteiger partial charge is 0.369 e. The van der Waals surface area contributed by atoms with Crippen LogP contribution < -0.4 is 5.73 Å². The lowest BCUT2D eigenvalue weighted by Gasteiger charge is -2.17. The number of amides is 2. The molecule has 5 nitrogen and oxygen atoms in total. The van der Waals surface area contributed by atoms with E-state index in [1.807, 2.05) is 11.8 Å². The molecule has 1 fully saturated rings. The molecule has 0 aromatic heterocycles. The Labute approximate surface area is 90.2 Å². The molecule has 2 atom stereocenters. The molecular weight excluding hydrogens is 194 g/mol. The first-order chi connectivity index (χ1) is 6.91. The number of nitrogens with two attached hydrogens (primary N) is 1. The van der Waals surface area contributed by atoms with Crippen molar-refractivity contribution in [2.75, 3.05) is 33.7 Å². The molecule has 2 N–H and O–H groups in total. The van der Waals surface area contributed by atoms with Crippen LogP contribution in [0.5, 0.6) is 0 Å². The maximum atomic E-state index is 11.5. The average molecular weight is 213 g/mol. The fourth-order valence-corrected chi connectivity index (χ4v) is 1.90. The van der Waals surface area contributed by atoms with E-state index in [-0.39, 0.29) is 23.7 Å². The summed E-state index contributed by atoms with van der Waals surface area (Å²) < 4.78 is 0. The van der Waals surface area contributed by atoms with Crippen molar-refractivity contribution in [3.8, 4) is 0 Å². The number of carbonyl (C=O) groups is 2. The van der Waals surface area contributed by atoms with Gasteiger partial charge >= 0.3 is 0 Å². The van der Waals surface area contributed by atoms with Crippen molar-refractivity contribution in [2.24, 2.45) is 17.6 Å². The van der Waals surface area contributed by atoms with Crippen molar-refractivity contribution >= 4 is 11.8 Å². The second-order valence-corrected chi connectivity index (χ2v) is 4.47. The lowest BCUT2D eigenvalue weighted by Crippen LogP contribution is -2.36. The van der Waals surface area contributed by atoms with Gasteiger partial charge in [0.05, 0.1) is 12.5 Å². The summed E-state index contributed by atoms with van der Waals surface area (Å²) in [6.07, 6.45) is 0.